The standard InChI is InChI=1S/C29H26N2O3/c1-20-14-16-22(17-15-20)28(32)31(23-9-4-3-5-10-23)26-19-21(2)30(25-12-7-6-11-24(25)26)29(33)27-13-8-18-34-27/h3-18,21,26H,19H2,1-2H3/t21-,26+/m0/s1. The van der Waals surface area contributed by atoms with Crippen molar-refractivity contribution in [1.82, 2.24) is 0 Å². The van der Waals surface area contributed by atoms with Gasteiger partial charge in [0.1, 0.15) is 0 Å². The number of furan rings is 1. The van der Waals surface area contributed by atoms with Gasteiger partial charge in [0.15, 0.2) is 5.76 Å². The van der Waals surface area contributed by atoms with E-state index in [1.807, 2.05) is 97.6 Å². The second kappa shape index (κ2) is 9.02. The number of anilines is 2. The van der Waals surface area contributed by atoms with Crippen molar-refractivity contribution in [3.05, 3.63) is 120 Å². The van der Waals surface area contributed by atoms with Gasteiger partial charge in [-0.2, -0.15) is 0 Å². The Bertz CT molecular complexity index is 1300. The number of carbonyl (C=O) groups excluding carboxylic acids is 2. The highest BCUT2D eigenvalue weighted by atomic mass is 16.3. The number of amides is 2. The molecule has 34 heavy (non-hydrogen) atoms. The fraction of sp³-hybridized carbons (Fsp3) is 0.172. The first-order valence-electron chi connectivity index (χ1n) is 11.5. The van der Waals surface area contributed by atoms with E-state index in [-0.39, 0.29) is 23.9 Å². The first kappa shape index (κ1) is 21.7. The Kier molecular flexibility index (Phi) is 5.76. The van der Waals surface area contributed by atoms with Gasteiger partial charge in [0, 0.05) is 23.0 Å². The SMILES string of the molecule is Cc1ccc(C(=O)N(c2ccccc2)[C@@H]2C[C@H](C)N(C(=O)c3ccco3)c3ccccc32)cc1. The average molecular weight is 451 g/mol. The molecule has 0 bridgehead atoms. The molecule has 0 saturated heterocycles. The maximum absolute atomic E-state index is 13.9. The monoisotopic (exact) mass is 450 g/mol. The Morgan fingerprint density at radius 2 is 1.59 bits per heavy atom. The van der Waals surface area contributed by atoms with Gasteiger partial charge >= 0.3 is 0 Å². The Morgan fingerprint density at radius 1 is 0.882 bits per heavy atom. The summed E-state index contributed by atoms with van der Waals surface area (Å²) in [6.45, 7) is 4.02. The number of aryl methyl sites for hydroxylation is 1. The highest BCUT2D eigenvalue weighted by molar-refractivity contribution is 6.08. The van der Waals surface area contributed by atoms with E-state index < -0.39 is 0 Å². The number of nitrogens with zero attached hydrogens (tertiary/aromatic N) is 2. The van der Waals surface area contributed by atoms with Gasteiger partial charge in [0.2, 0.25) is 0 Å². The number of benzene rings is 3. The molecule has 170 valence electrons. The van der Waals surface area contributed by atoms with Crippen LogP contribution in [0, 0.1) is 6.92 Å². The molecule has 0 unspecified atom stereocenters. The molecule has 0 N–H and O–H groups in total. The third kappa shape index (κ3) is 3.90. The van der Waals surface area contributed by atoms with Crippen LogP contribution in [-0.4, -0.2) is 17.9 Å². The molecular formula is C29H26N2O3. The number of para-hydroxylation sites is 2. The summed E-state index contributed by atoms with van der Waals surface area (Å²) < 4.78 is 5.41. The van der Waals surface area contributed by atoms with E-state index in [1.165, 1.54) is 6.26 Å². The van der Waals surface area contributed by atoms with Gasteiger partial charge < -0.3 is 14.2 Å². The molecule has 0 spiro atoms. The predicted molar refractivity (Wildman–Crippen MR) is 133 cm³/mol. The molecule has 1 aromatic heterocycles. The van der Waals surface area contributed by atoms with E-state index in [0.29, 0.717) is 17.7 Å². The molecule has 0 saturated carbocycles. The lowest BCUT2D eigenvalue weighted by atomic mass is 9.89. The van der Waals surface area contributed by atoms with E-state index in [2.05, 4.69) is 0 Å². The van der Waals surface area contributed by atoms with Gasteiger partial charge in [-0.1, -0.05) is 54.1 Å². The minimum atomic E-state index is -0.233. The molecule has 0 fully saturated rings. The van der Waals surface area contributed by atoms with E-state index in [0.717, 1.165) is 22.5 Å². The third-order valence-corrected chi connectivity index (χ3v) is 6.37. The zero-order chi connectivity index (χ0) is 23.7. The molecule has 4 aromatic rings. The van der Waals surface area contributed by atoms with Crippen LogP contribution < -0.4 is 9.80 Å². The number of carbonyl (C=O) groups is 2. The van der Waals surface area contributed by atoms with Crippen molar-refractivity contribution in [2.45, 2.75) is 32.4 Å². The van der Waals surface area contributed by atoms with Crippen LogP contribution >= 0.6 is 0 Å². The molecule has 5 nitrogen and oxygen atoms in total. The van der Waals surface area contributed by atoms with Crippen LogP contribution in [0.3, 0.4) is 0 Å². The van der Waals surface area contributed by atoms with Crippen LogP contribution in [0.25, 0.3) is 0 Å². The number of hydrogen-bond donors (Lipinski definition) is 0. The molecule has 5 heteroatoms. The van der Waals surface area contributed by atoms with Gasteiger partial charge in [-0.25, -0.2) is 0 Å². The Morgan fingerprint density at radius 3 is 2.29 bits per heavy atom. The number of rotatable bonds is 4. The van der Waals surface area contributed by atoms with E-state index in [1.54, 1.807) is 17.0 Å². The van der Waals surface area contributed by atoms with E-state index in [4.69, 9.17) is 4.42 Å². The van der Waals surface area contributed by atoms with Crippen LogP contribution in [0.4, 0.5) is 11.4 Å². The summed E-state index contributed by atoms with van der Waals surface area (Å²) in [5.74, 6) is 0.0549. The molecule has 0 radical (unpaired) electrons. The second-order valence-corrected chi connectivity index (χ2v) is 8.69. The second-order valence-electron chi connectivity index (χ2n) is 8.69. The van der Waals surface area contributed by atoms with Gasteiger partial charge in [-0.05, 0) is 68.3 Å². The first-order valence-corrected chi connectivity index (χ1v) is 11.5. The van der Waals surface area contributed by atoms with Crippen LogP contribution in [0.1, 0.15) is 51.4 Å². The minimum absolute atomic E-state index is 0.0657. The third-order valence-electron chi connectivity index (χ3n) is 6.37. The summed E-state index contributed by atoms with van der Waals surface area (Å²) in [5.41, 5.74) is 4.29. The molecule has 1 aliphatic heterocycles. The van der Waals surface area contributed by atoms with E-state index >= 15 is 0 Å². The molecule has 1 aliphatic rings. The molecule has 0 aliphatic carbocycles. The van der Waals surface area contributed by atoms with Crippen molar-refractivity contribution in [2.75, 3.05) is 9.80 Å². The highest BCUT2D eigenvalue weighted by Crippen LogP contribution is 2.43. The molecule has 5 rings (SSSR count). The van der Waals surface area contributed by atoms with Crippen LogP contribution in [-0.2, 0) is 0 Å². The maximum Gasteiger partial charge on any atom is 0.294 e. The summed E-state index contributed by atoms with van der Waals surface area (Å²) in [6.07, 6.45) is 2.10. The van der Waals surface area contributed by atoms with Gasteiger partial charge in [-0.15, -0.1) is 0 Å². The molecular weight excluding hydrogens is 424 g/mol. The van der Waals surface area contributed by atoms with Crippen LogP contribution in [0.2, 0.25) is 0 Å². The Hall–Kier alpha value is -4.12. The lowest BCUT2D eigenvalue weighted by Crippen LogP contribution is -2.47. The van der Waals surface area contributed by atoms with Crippen molar-refractivity contribution in [3.8, 4) is 0 Å². The van der Waals surface area contributed by atoms with Gasteiger partial charge in [0.25, 0.3) is 11.8 Å². The summed E-state index contributed by atoms with van der Waals surface area (Å²) in [7, 11) is 0. The first-order chi connectivity index (χ1) is 16.5. The fourth-order valence-electron chi connectivity index (χ4n) is 4.72. The Balaban J connectivity index is 1.61. The summed E-state index contributed by atoms with van der Waals surface area (Å²) in [4.78, 5) is 30.9. The van der Waals surface area contributed by atoms with Crippen molar-refractivity contribution < 1.29 is 14.0 Å². The summed E-state index contributed by atoms with van der Waals surface area (Å²) >= 11 is 0. The summed E-state index contributed by atoms with van der Waals surface area (Å²) in [5, 5.41) is 0. The minimum Gasteiger partial charge on any atom is -0.459 e. The quantitative estimate of drug-likeness (QED) is 0.361. The topological polar surface area (TPSA) is 53.8 Å². The lowest BCUT2D eigenvalue weighted by molar-refractivity contribution is 0.0944. The number of fused-ring (bicyclic) bond motifs is 1. The smallest absolute Gasteiger partial charge is 0.294 e. The van der Waals surface area contributed by atoms with E-state index in [9.17, 15) is 9.59 Å². The molecule has 2 atom stereocenters. The number of hydrogen-bond acceptors (Lipinski definition) is 3. The zero-order valence-electron chi connectivity index (χ0n) is 19.2. The van der Waals surface area contributed by atoms with Gasteiger partial charge in [0.05, 0.1) is 12.3 Å². The molecule has 2 amide bonds. The van der Waals surface area contributed by atoms with Gasteiger partial charge in [-0.3, -0.25) is 9.59 Å². The van der Waals surface area contributed by atoms with Crippen LogP contribution in [0.5, 0.6) is 0 Å². The van der Waals surface area contributed by atoms with Crippen molar-refractivity contribution in [2.24, 2.45) is 0 Å². The Labute approximate surface area is 199 Å². The lowest BCUT2D eigenvalue weighted by Gasteiger charge is -2.43. The normalized spacial score (nSPS) is 17.2. The highest BCUT2D eigenvalue weighted by Gasteiger charge is 2.39. The predicted octanol–water partition coefficient (Wildman–Crippen LogP) is 6.42. The maximum atomic E-state index is 13.9. The van der Waals surface area contributed by atoms with Crippen molar-refractivity contribution in [1.29, 1.82) is 0 Å². The largest absolute Gasteiger partial charge is 0.459 e. The average Bonchev–Trinajstić information content (AvgIpc) is 3.40. The van der Waals surface area contributed by atoms with Crippen molar-refractivity contribution in [3.63, 3.8) is 0 Å². The summed E-state index contributed by atoms with van der Waals surface area (Å²) in [6, 6.07) is 28.2. The van der Waals surface area contributed by atoms with Crippen LogP contribution in [0.15, 0.2) is 102 Å². The molecule has 3 aromatic carbocycles. The van der Waals surface area contributed by atoms with Crippen molar-refractivity contribution >= 4 is 23.2 Å². The fourth-order valence-corrected chi connectivity index (χ4v) is 4.72. The molecule has 2 heterocycles. The zero-order valence-corrected chi connectivity index (χ0v) is 19.2.